The van der Waals surface area contributed by atoms with Crippen molar-refractivity contribution in [2.24, 2.45) is 11.0 Å². The van der Waals surface area contributed by atoms with Crippen LogP contribution in [-0.4, -0.2) is 49.9 Å². The Hall–Kier alpha value is -1.64. The molecule has 0 bridgehead atoms. The Kier molecular flexibility index (Phi) is 3.48. The number of ether oxygens (including phenoxy) is 2. The second-order valence-corrected chi connectivity index (χ2v) is 6.47. The average Bonchev–Trinajstić information content (AvgIpc) is 2.91. The molecule has 1 fully saturated rings. The summed E-state index contributed by atoms with van der Waals surface area (Å²) in [5.74, 6) is -2.60. The molecule has 0 amide bonds. The van der Waals surface area contributed by atoms with Crippen LogP contribution >= 0.6 is 0 Å². The molecule has 0 radical (unpaired) electrons. The highest BCUT2D eigenvalue weighted by Gasteiger charge is 2.57. The van der Waals surface area contributed by atoms with Gasteiger partial charge in [-0.25, -0.2) is 18.0 Å². The molecule has 8 nitrogen and oxygen atoms in total. The molecule has 1 N–H and O–H groups in total. The van der Waals surface area contributed by atoms with Crippen molar-refractivity contribution in [3.8, 4) is 0 Å². The van der Waals surface area contributed by atoms with E-state index in [1.165, 1.54) is 6.92 Å². The van der Waals surface area contributed by atoms with Crippen molar-refractivity contribution >= 4 is 27.5 Å². The Bertz CT molecular complexity index is 540. The minimum absolute atomic E-state index is 0.111. The number of nitrogens with zero attached hydrogens (tertiary/aromatic N) is 1. The molecule has 0 aliphatic carbocycles. The first kappa shape index (κ1) is 13.8. The number of nitrogens with one attached hydrogen (secondary N) is 1. The van der Waals surface area contributed by atoms with Crippen LogP contribution in [0.3, 0.4) is 0 Å². The lowest BCUT2D eigenvalue weighted by Crippen LogP contribution is -2.40. The van der Waals surface area contributed by atoms with Gasteiger partial charge in [-0.05, 0) is 6.92 Å². The van der Waals surface area contributed by atoms with Gasteiger partial charge < -0.3 is 9.47 Å². The van der Waals surface area contributed by atoms with E-state index in [1.54, 1.807) is 6.92 Å². The Morgan fingerprint density at radius 1 is 1.47 bits per heavy atom. The van der Waals surface area contributed by atoms with E-state index in [0.29, 0.717) is 0 Å². The van der Waals surface area contributed by atoms with Crippen LogP contribution in [0.4, 0.5) is 0 Å². The second-order valence-electron chi connectivity index (χ2n) is 4.11. The molecule has 2 heterocycles. The van der Waals surface area contributed by atoms with Gasteiger partial charge in [-0.3, -0.25) is 5.43 Å². The summed E-state index contributed by atoms with van der Waals surface area (Å²) in [6.07, 6.45) is 0. The van der Waals surface area contributed by atoms with Crippen molar-refractivity contribution in [1.82, 2.24) is 5.43 Å². The first-order chi connectivity index (χ1) is 8.92. The van der Waals surface area contributed by atoms with Crippen LogP contribution in [0.5, 0.6) is 0 Å². The lowest BCUT2D eigenvalue weighted by Gasteiger charge is -2.15. The Morgan fingerprint density at radius 3 is 2.74 bits per heavy atom. The molecule has 0 aromatic rings. The van der Waals surface area contributed by atoms with Gasteiger partial charge in [0.1, 0.15) is 0 Å². The molecular formula is C10H14N2O6S. The molecule has 0 aromatic heterocycles. The predicted octanol–water partition coefficient (Wildman–Crippen LogP) is -1.19. The largest absolute Gasteiger partial charge is 0.461 e. The van der Waals surface area contributed by atoms with Gasteiger partial charge in [0.15, 0.2) is 21.6 Å². The van der Waals surface area contributed by atoms with E-state index in [4.69, 9.17) is 9.47 Å². The summed E-state index contributed by atoms with van der Waals surface area (Å²) in [6, 6.07) is -0.939. The number of hydrazone groups is 1. The van der Waals surface area contributed by atoms with Crippen molar-refractivity contribution in [2.75, 3.05) is 12.4 Å². The van der Waals surface area contributed by atoms with Crippen LogP contribution in [0.1, 0.15) is 13.8 Å². The SMILES string of the molecule is CCOC(=O)C1=NN[C@H]2C(=O)O[C@@H](S(=O)(=O)CC)[C@@H]12. The average molecular weight is 290 g/mol. The maximum Gasteiger partial charge on any atom is 0.355 e. The van der Waals surface area contributed by atoms with E-state index in [0.717, 1.165) is 0 Å². The zero-order chi connectivity index (χ0) is 14.2. The third kappa shape index (κ3) is 2.18. The zero-order valence-corrected chi connectivity index (χ0v) is 11.3. The molecule has 0 saturated carbocycles. The summed E-state index contributed by atoms with van der Waals surface area (Å²) in [4.78, 5) is 23.3. The number of sulfone groups is 1. The standard InChI is InChI=1S/C10H14N2O6S/c1-3-17-8(13)6-5-7(12-11-6)9(14)18-10(5)19(15,16)4-2/h5,7,10,12H,3-4H2,1-2H3/t5-,7+,10-/m0/s1. The number of hydrogen-bond acceptors (Lipinski definition) is 8. The highest BCUT2D eigenvalue weighted by molar-refractivity contribution is 7.91. The predicted molar refractivity (Wildman–Crippen MR) is 63.8 cm³/mol. The smallest absolute Gasteiger partial charge is 0.355 e. The lowest BCUT2D eigenvalue weighted by molar-refractivity contribution is -0.141. The van der Waals surface area contributed by atoms with Gasteiger partial charge in [0.05, 0.1) is 18.3 Å². The second kappa shape index (κ2) is 4.80. The topological polar surface area (TPSA) is 111 Å². The van der Waals surface area contributed by atoms with E-state index in [1.807, 2.05) is 0 Å². The summed E-state index contributed by atoms with van der Waals surface area (Å²) in [6.45, 7) is 3.20. The van der Waals surface area contributed by atoms with Crippen LogP contribution in [-0.2, 0) is 28.9 Å². The fourth-order valence-electron chi connectivity index (χ4n) is 2.05. The first-order valence-corrected chi connectivity index (χ1v) is 7.56. The van der Waals surface area contributed by atoms with Crippen molar-refractivity contribution in [3.63, 3.8) is 0 Å². The van der Waals surface area contributed by atoms with E-state index >= 15 is 0 Å². The number of carbonyl (C=O) groups excluding carboxylic acids is 2. The Labute approximate surface area is 110 Å². The van der Waals surface area contributed by atoms with Crippen molar-refractivity contribution in [3.05, 3.63) is 0 Å². The van der Waals surface area contributed by atoms with Gasteiger partial charge in [-0.2, -0.15) is 5.10 Å². The van der Waals surface area contributed by atoms with Gasteiger partial charge in [-0.15, -0.1) is 0 Å². The molecule has 0 aromatic carbocycles. The zero-order valence-electron chi connectivity index (χ0n) is 10.5. The number of fused-ring (bicyclic) bond motifs is 1. The highest BCUT2D eigenvalue weighted by atomic mass is 32.2. The fraction of sp³-hybridized carbons (Fsp3) is 0.700. The molecule has 0 unspecified atom stereocenters. The minimum Gasteiger partial charge on any atom is -0.461 e. The number of hydrogen-bond donors (Lipinski definition) is 1. The van der Waals surface area contributed by atoms with Crippen molar-refractivity contribution in [2.45, 2.75) is 25.3 Å². The highest BCUT2D eigenvalue weighted by Crippen LogP contribution is 2.32. The van der Waals surface area contributed by atoms with E-state index in [-0.39, 0.29) is 18.1 Å². The third-order valence-electron chi connectivity index (χ3n) is 3.02. The van der Waals surface area contributed by atoms with Crippen LogP contribution in [0, 0.1) is 5.92 Å². The van der Waals surface area contributed by atoms with Crippen molar-refractivity contribution in [1.29, 1.82) is 0 Å². The molecule has 2 rings (SSSR count). The van der Waals surface area contributed by atoms with E-state index in [9.17, 15) is 18.0 Å². The van der Waals surface area contributed by atoms with Crippen molar-refractivity contribution < 1.29 is 27.5 Å². The molecule has 2 aliphatic heterocycles. The maximum atomic E-state index is 11.9. The number of esters is 2. The molecule has 0 spiro atoms. The number of rotatable bonds is 4. The summed E-state index contributed by atoms with van der Waals surface area (Å²) >= 11 is 0. The van der Waals surface area contributed by atoms with Gasteiger partial charge in [0, 0.05) is 0 Å². The summed E-state index contributed by atoms with van der Waals surface area (Å²) in [5.41, 5.74) is 0.939. The van der Waals surface area contributed by atoms with E-state index < -0.39 is 39.2 Å². The Morgan fingerprint density at radius 2 is 2.16 bits per heavy atom. The molecular weight excluding hydrogens is 276 g/mol. The van der Waals surface area contributed by atoms with Crippen LogP contribution < -0.4 is 5.43 Å². The summed E-state index contributed by atoms with van der Waals surface area (Å²) in [5, 5.41) is 3.71. The fourth-order valence-corrected chi connectivity index (χ4v) is 3.35. The maximum absolute atomic E-state index is 11.9. The molecule has 1 saturated heterocycles. The monoisotopic (exact) mass is 290 g/mol. The van der Waals surface area contributed by atoms with Gasteiger partial charge >= 0.3 is 11.9 Å². The lowest BCUT2D eigenvalue weighted by atomic mass is 9.99. The molecule has 2 aliphatic rings. The number of cyclic esters (lactones) is 1. The van der Waals surface area contributed by atoms with Gasteiger partial charge in [0.2, 0.25) is 5.44 Å². The van der Waals surface area contributed by atoms with Crippen LogP contribution in [0.25, 0.3) is 0 Å². The molecule has 19 heavy (non-hydrogen) atoms. The minimum atomic E-state index is -3.64. The van der Waals surface area contributed by atoms with Gasteiger partial charge in [0.25, 0.3) is 0 Å². The molecule has 9 heteroatoms. The normalized spacial score (nSPS) is 29.3. The Balaban J connectivity index is 2.33. The molecule has 3 atom stereocenters. The number of carbonyl (C=O) groups is 2. The quantitative estimate of drug-likeness (QED) is 0.648. The van der Waals surface area contributed by atoms with Gasteiger partial charge in [-0.1, -0.05) is 6.92 Å². The first-order valence-electron chi connectivity index (χ1n) is 5.84. The summed E-state index contributed by atoms with van der Waals surface area (Å²) in [7, 11) is -3.64. The molecule has 106 valence electrons. The van der Waals surface area contributed by atoms with E-state index in [2.05, 4.69) is 10.5 Å². The third-order valence-corrected chi connectivity index (χ3v) is 4.92. The summed E-state index contributed by atoms with van der Waals surface area (Å²) < 4.78 is 33.5. The van der Waals surface area contributed by atoms with Crippen LogP contribution in [0.15, 0.2) is 5.10 Å². The van der Waals surface area contributed by atoms with Crippen LogP contribution in [0.2, 0.25) is 0 Å².